The molecule has 0 saturated carbocycles. The maximum absolute atomic E-state index is 6.39. The van der Waals surface area contributed by atoms with Crippen LogP contribution in [-0.2, 0) is 4.74 Å². The van der Waals surface area contributed by atoms with Gasteiger partial charge in [-0.15, -0.1) is 11.3 Å². The Labute approximate surface area is 128 Å². The van der Waals surface area contributed by atoms with Crippen LogP contribution in [0.1, 0.15) is 38.1 Å². The first-order valence-electron chi connectivity index (χ1n) is 6.91. The van der Waals surface area contributed by atoms with Gasteiger partial charge in [-0.05, 0) is 48.3 Å². The molecule has 1 fully saturated rings. The average Bonchev–Trinajstić information content (AvgIpc) is 2.74. The van der Waals surface area contributed by atoms with E-state index in [4.69, 9.17) is 10.5 Å². The van der Waals surface area contributed by atoms with Gasteiger partial charge in [0, 0.05) is 24.0 Å². The van der Waals surface area contributed by atoms with Crippen LogP contribution in [0.25, 0.3) is 0 Å². The normalized spacial score (nSPS) is 28.3. The van der Waals surface area contributed by atoms with Crippen LogP contribution in [0.2, 0.25) is 0 Å². The zero-order chi connectivity index (χ0) is 14.0. The molecule has 0 bridgehead atoms. The summed E-state index contributed by atoms with van der Waals surface area (Å²) < 4.78 is 7.00. The molecule has 2 N–H and O–H groups in total. The Bertz CT molecular complexity index is 402. The zero-order valence-electron chi connectivity index (χ0n) is 11.8. The van der Waals surface area contributed by atoms with Gasteiger partial charge in [-0.3, -0.25) is 4.90 Å². The smallest absolute Gasteiger partial charge is 0.0702 e. The first-order valence-corrected chi connectivity index (χ1v) is 8.52. The van der Waals surface area contributed by atoms with Crippen molar-refractivity contribution < 1.29 is 4.74 Å². The Morgan fingerprint density at radius 3 is 2.53 bits per heavy atom. The van der Waals surface area contributed by atoms with Crippen LogP contribution in [0.5, 0.6) is 0 Å². The van der Waals surface area contributed by atoms with Crippen molar-refractivity contribution >= 4 is 27.3 Å². The summed E-state index contributed by atoms with van der Waals surface area (Å²) in [5, 5.41) is 0. The summed E-state index contributed by atoms with van der Waals surface area (Å²) in [7, 11) is 0. The fraction of sp³-hybridized carbons (Fsp3) is 0.714. The van der Waals surface area contributed by atoms with E-state index in [2.05, 4.69) is 53.7 Å². The summed E-state index contributed by atoms with van der Waals surface area (Å²) >= 11 is 5.34. The largest absolute Gasteiger partial charge is 0.373 e. The van der Waals surface area contributed by atoms with Crippen LogP contribution in [0.15, 0.2) is 15.9 Å². The minimum atomic E-state index is 0.169. The van der Waals surface area contributed by atoms with Gasteiger partial charge in [-0.25, -0.2) is 0 Å². The second kappa shape index (κ2) is 6.68. The monoisotopic (exact) mass is 346 g/mol. The maximum atomic E-state index is 6.39. The Kier molecular flexibility index (Phi) is 5.43. The lowest BCUT2D eigenvalue weighted by atomic mass is 10.0. The number of ether oxygens (including phenoxy) is 1. The lowest BCUT2D eigenvalue weighted by Gasteiger charge is -2.41. The van der Waals surface area contributed by atoms with Crippen molar-refractivity contribution in [3.05, 3.63) is 20.8 Å². The van der Waals surface area contributed by atoms with Crippen molar-refractivity contribution in [1.82, 2.24) is 4.90 Å². The summed E-state index contributed by atoms with van der Waals surface area (Å²) in [5.41, 5.74) is 6.39. The van der Waals surface area contributed by atoms with Crippen LogP contribution < -0.4 is 5.73 Å². The third kappa shape index (κ3) is 3.79. The molecule has 0 radical (unpaired) electrons. The number of hydrogen-bond donors (Lipinski definition) is 1. The molecular formula is C14H23BrN2OS. The summed E-state index contributed by atoms with van der Waals surface area (Å²) in [5.74, 6) is 0. The highest BCUT2D eigenvalue weighted by atomic mass is 79.9. The second-order valence-corrected chi connectivity index (χ2v) is 7.86. The van der Waals surface area contributed by atoms with Crippen molar-refractivity contribution in [2.24, 2.45) is 5.73 Å². The molecule has 3 nitrogen and oxygen atoms in total. The Hall–Kier alpha value is 0.0600. The molecule has 1 aromatic heterocycles. The van der Waals surface area contributed by atoms with Crippen molar-refractivity contribution in [2.45, 2.75) is 51.5 Å². The lowest BCUT2D eigenvalue weighted by Crippen LogP contribution is -2.51. The Morgan fingerprint density at radius 1 is 1.42 bits per heavy atom. The van der Waals surface area contributed by atoms with Crippen molar-refractivity contribution in [1.29, 1.82) is 0 Å². The fourth-order valence-electron chi connectivity index (χ4n) is 2.82. The predicted octanol–water partition coefficient (Wildman–Crippen LogP) is 3.40. The van der Waals surface area contributed by atoms with Crippen LogP contribution in [0.4, 0.5) is 0 Å². The quantitative estimate of drug-likeness (QED) is 0.907. The maximum Gasteiger partial charge on any atom is 0.0702 e. The van der Waals surface area contributed by atoms with E-state index in [0.717, 1.165) is 19.5 Å². The molecule has 1 aliphatic heterocycles. The van der Waals surface area contributed by atoms with Gasteiger partial charge in [-0.1, -0.05) is 6.92 Å². The van der Waals surface area contributed by atoms with Crippen molar-refractivity contribution in [3.63, 3.8) is 0 Å². The van der Waals surface area contributed by atoms with E-state index in [1.807, 2.05) is 0 Å². The number of halogens is 1. The van der Waals surface area contributed by atoms with Crippen LogP contribution in [-0.4, -0.2) is 36.2 Å². The SMILES string of the molecule is CCC(N)C(c1ccc(Br)s1)N1CC(C)OC(C)C1. The Balaban J connectivity index is 2.22. The molecule has 1 saturated heterocycles. The van der Waals surface area contributed by atoms with Gasteiger partial charge in [-0.2, -0.15) is 0 Å². The fourth-order valence-corrected chi connectivity index (χ4v) is 4.45. The van der Waals surface area contributed by atoms with Gasteiger partial charge in [0.2, 0.25) is 0 Å². The van der Waals surface area contributed by atoms with E-state index in [1.54, 1.807) is 11.3 Å². The van der Waals surface area contributed by atoms with Gasteiger partial charge in [0.05, 0.1) is 22.0 Å². The van der Waals surface area contributed by atoms with E-state index in [0.29, 0.717) is 6.04 Å². The molecule has 108 valence electrons. The molecule has 0 spiro atoms. The van der Waals surface area contributed by atoms with E-state index in [-0.39, 0.29) is 18.2 Å². The van der Waals surface area contributed by atoms with Gasteiger partial charge in [0.25, 0.3) is 0 Å². The number of morpholine rings is 1. The molecule has 4 atom stereocenters. The number of rotatable bonds is 4. The van der Waals surface area contributed by atoms with Gasteiger partial charge >= 0.3 is 0 Å². The van der Waals surface area contributed by atoms with Crippen molar-refractivity contribution in [3.8, 4) is 0 Å². The minimum Gasteiger partial charge on any atom is -0.373 e. The highest BCUT2D eigenvalue weighted by Gasteiger charge is 2.32. The molecule has 2 heterocycles. The molecule has 1 aromatic rings. The van der Waals surface area contributed by atoms with Crippen LogP contribution in [0.3, 0.4) is 0 Å². The molecule has 19 heavy (non-hydrogen) atoms. The van der Waals surface area contributed by atoms with E-state index in [9.17, 15) is 0 Å². The van der Waals surface area contributed by atoms with Gasteiger partial charge in [0.15, 0.2) is 0 Å². The molecule has 5 heteroatoms. The lowest BCUT2D eigenvalue weighted by molar-refractivity contribution is -0.0834. The standard InChI is InChI=1S/C14H23BrN2OS/c1-4-11(16)14(12-5-6-13(15)19-12)17-7-9(2)18-10(3)8-17/h5-6,9-11,14H,4,7-8,16H2,1-3H3. The molecule has 2 rings (SSSR count). The first-order chi connectivity index (χ1) is 9.01. The van der Waals surface area contributed by atoms with Gasteiger partial charge < -0.3 is 10.5 Å². The molecule has 0 aromatic carbocycles. The van der Waals surface area contributed by atoms with Crippen LogP contribution in [0, 0.1) is 0 Å². The summed E-state index contributed by atoms with van der Waals surface area (Å²) in [6.07, 6.45) is 1.54. The predicted molar refractivity (Wildman–Crippen MR) is 84.6 cm³/mol. The third-order valence-electron chi connectivity index (χ3n) is 3.60. The molecule has 4 unspecified atom stereocenters. The average molecular weight is 347 g/mol. The molecule has 1 aliphatic rings. The van der Waals surface area contributed by atoms with E-state index >= 15 is 0 Å². The third-order valence-corrected chi connectivity index (χ3v) is 5.30. The summed E-state index contributed by atoms with van der Waals surface area (Å²) in [4.78, 5) is 3.84. The van der Waals surface area contributed by atoms with E-state index in [1.165, 1.54) is 8.66 Å². The molecule has 0 aliphatic carbocycles. The molecular weight excluding hydrogens is 324 g/mol. The topological polar surface area (TPSA) is 38.5 Å². The Morgan fingerprint density at radius 2 is 2.05 bits per heavy atom. The number of nitrogens with two attached hydrogens (primary N) is 1. The van der Waals surface area contributed by atoms with Crippen molar-refractivity contribution in [2.75, 3.05) is 13.1 Å². The summed E-state index contributed by atoms with van der Waals surface area (Å²) in [6, 6.07) is 4.78. The van der Waals surface area contributed by atoms with Gasteiger partial charge in [0.1, 0.15) is 0 Å². The minimum absolute atomic E-state index is 0.169. The summed E-state index contributed by atoms with van der Waals surface area (Å²) in [6.45, 7) is 8.35. The zero-order valence-corrected chi connectivity index (χ0v) is 14.2. The number of hydrogen-bond acceptors (Lipinski definition) is 4. The van der Waals surface area contributed by atoms with E-state index < -0.39 is 0 Å². The highest BCUT2D eigenvalue weighted by Crippen LogP contribution is 2.34. The first kappa shape index (κ1) is 15.4. The molecule has 0 amide bonds. The second-order valence-electron chi connectivity index (χ2n) is 5.37. The number of nitrogens with zero attached hydrogens (tertiary/aromatic N) is 1. The number of thiophene rings is 1. The highest BCUT2D eigenvalue weighted by molar-refractivity contribution is 9.11. The van der Waals surface area contributed by atoms with Crippen LogP contribution >= 0.6 is 27.3 Å².